The minimum atomic E-state index is -1.12. The smallest absolute Gasteiger partial charge is 0.339 e. The molecule has 0 spiro atoms. The van der Waals surface area contributed by atoms with E-state index >= 15 is 0 Å². The van der Waals surface area contributed by atoms with Crippen molar-refractivity contribution in [3.8, 4) is 0 Å². The molecule has 0 saturated carbocycles. The van der Waals surface area contributed by atoms with E-state index in [9.17, 15) is 9.59 Å². The third-order valence-electron chi connectivity index (χ3n) is 4.43. The van der Waals surface area contributed by atoms with Gasteiger partial charge in [0.15, 0.2) is 0 Å². The Morgan fingerprint density at radius 1 is 0.818 bits per heavy atom. The average molecular weight is 449 g/mol. The maximum absolute atomic E-state index is 12.0. The standard InChI is InChI=1S/C28H36N2O3/c1-2-3-4-5-6-7-8-9-10-11-12-13-14-15-16-17-18-19-20-23-26(31)30-27-25(28(32)33)22-21-24-29-27/h3-4,6-7,9-10,12-13,15-16,18-19,21-22,24H,2,5,8,11,14,17,20,23H2,1H3,(H,32,33)(H,29,30,31). The number of rotatable bonds is 16. The third-order valence-corrected chi connectivity index (χ3v) is 4.43. The molecule has 2 N–H and O–H groups in total. The Labute approximate surface area is 198 Å². The Morgan fingerprint density at radius 2 is 1.30 bits per heavy atom. The lowest BCUT2D eigenvalue weighted by molar-refractivity contribution is -0.116. The first kappa shape index (κ1) is 27.6. The zero-order chi connectivity index (χ0) is 24.0. The summed E-state index contributed by atoms with van der Waals surface area (Å²) in [6.07, 6.45) is 33.7. The fourth-order valence-corrected chi connectivity index (χ4v) is 2.73. The van der Waals surface area contributed by atoms with E-state index in [0.717, 1.165) is 38.5 Å². The topological polar surface area (TPSA) is 79.3 Å². The van der Waals surface area contributed by atoms with Crippen LogP contribution in [-0.2, 0) is 4.79 Å². The number of carboxylic acids is 1. The number of nitrogens with one attached hydrogen (secondary N) is 1. The molecule has 1 heterocycles. The highest BCUT2D eigenvalue weighted by molar-refractivity contribution is 5.99. The number of aromatic carboxylic acids is 1. The molecule has 0 radical (unpaired) electrons. The predicted molar refractivity (Wildman–Crippen MR) is 137 cm³/mol. The van der Waals surface area contributed by atoms with Crippen molar-refractivity contribution in [2.75, 3.05) is 5.32 Å². The van der Waals surface area contributed by atoms with Crippen LogP contribution >= 0.6 is 0 Å². The van der Waals surface area contributed by atoms with Gasteiger partial charge in [0.1, 0.15) is 11.4 Å². The van der Waals surface area contributed by atoms with Crippen LogP contribution in [0.25, 0.3) is 0 Å². The van der Waals surface area contributed by atoms with E-state index in [1.54, 1.807) is 0 Å². The van der Waals surface area contributed by atoms with E-state index in [4.69, 9.17) is 5.11 Å². The number of amides is 1. The van der Waals surface area contributed by atoms with Crippen molar-refractivity contribution in [1.82, 2.24) is 4.98 Å². The summed E-state index contributed by atoms with van der Waals surface area (Å²) in [4.78, 5) is 27.0. The Kier molecular flexibility index (Phi) is 16.1. The van der Waals surface area contributed by atoms with Gasteiger partial charge in [-0.3, -0.25) is 4.79 Å². The van der Waals surface area contributed by atoms with Gasteiger partial charge in [-0.2, -0.15) is 0 Å². The second-order valence-electron chi connectivity index (χ2n) is 7.21. The van der Waals surface area contributed by atoms with E-state index in [2.05, 4.69) is 78.0 Å². The number of aromatic nitrogens is 1. The molecule has 176 valence electrons. The van der Waals surface area contributed by atoms with E-state index < -0.39 is 5.97 Å². The molecule has 5 heteroatoms. The van der Waals surface area contributed by atoms with Gasteiger partial charge in [-0.25, -0.2) is 9.78 Å². The highest BCUT2D eigenvalue weighted by Gasteiger charge is 2.12. The predicted octanol–water partition coefficient (Wildman–Crippen LogP) is 7.20. The molecular weight excluding hydrogens is 412 g/mol. The maximum atomic E-state index is 12.0. The molecule has 0 aliphatic rings. The number of anilines is 1. The van der Waals surface area contributed by atoms with E-state index in [1.165, 1.54) is 18.3 Å². The van der Waals surface area contributed by atoms with Gasteiger partial charge in [0.25, 0.3) is 0 Å². The van der Waals surface area contributed by atoms with E-state index in [1.807, 2.05) is 12.2 Å². The van der Waals surface area contributed by atoms with Crippen LogP contribution in [0, 0.1) is 0 Å². The van der Waals surface area contributed by atoms with Crippen LogP contribution in [0.4, 0.5) is 5.82 Å². The summed E-state index contributed by atoms with van der Waals surface area (Å²) in [6, 6.07) is 2.94. The SMILES string of the molecule is CCC=CCC=CCC=CCC=CCC=CCC=CCCC(=O)Nc1ncccc1C(=O)O. The molecule has 1 rings (SSSR count). The fourth-order valence-electron chi connectivity index (χ4n) is 2.73. The van der Waals surface area contributed by atoms with Crippen molar-refractivity contribution in [2.45, 2.75) is 58.3 Å². The van der Waals surface area contributed by atoms with Gasteiger partial charge >= 0.3 is 5.97 Å². The van der Waals surface area contributed by atoms with Crippen LogP contribution in [0.3, 0.4) is 0 Å². The monoisotopic (exact) mass is 448 g/mol. The molecule has 5 nitrogen and oxygen atoms in total. The summed E-state index contributed by atoms with van der Waals surface area (Å²) in [7, 11) is 0. The molecule has 0 fully saturated rings. The van der Waals surface area contributed by atoms with Gasteiger partial charge in [0, 0.05) is 12.6 Å². The van der Waals surface area contributed by atoms with Gasteiger partial charge in [-0.05, 0) is 57.1 Å². The molecule has 1 amide bonds. The summed E-state index contributed by atoms with van der Waals surface area (Å²) in [6.45, 7) is 2.14. The molecule has 1 aromatic rings. The Hall–Kier alpha value is -3.47. The van der Waals surface area contributed by atoms with Crippen molar-refractivity contribution in [3.05, 3.63) is 96.8 Å². The highest BCUT2D eigenvalue weighted by atomic mass is 16.4. The molecule has 0 unspecified atom stereocenters. The fraction of sp³-hybridized carbons (Fsp3) is 0.321. The average Bonchev–Trinajstić information content (AvgIpc) is 2.80. The highest BCUT2D eigenvalue weighted by Crippen LogP contribution is 2.12. The van der Waals surface area contributed by atoms with Crippen molar-refractivity contribution in [1.29, 1.82) is 0 Å². The Bertz CT molecular complexity index is 877. The van der Waals surface area contributed by atoms with Crippen molar-refractivity contribution < 1.29 is 14.7 Å². The zero-order valence-corrected chi connectivity index (χ0v) is 19.5. The lowest BCUT2D eigenvalue weighted by Crippen LogP contribution is -2.15. The van der Waals surface area contributed by atoms with E-state index in [0.29, 0.717) is 6.42 Å². The lowest BCUT2D eigenvalue weighted by atomic mass is 10.2. The van der Waals surface area contributed by atoms with Gasteiger partial charge in [0.2, 0.25) is 5.91 Å². The second-order valence-corrected chi connectivity index (χ2v) is 7.21. The number of allylic oxidation sites excluding steroid dienone is 12. The number of carbonyl (C=O) groups is 2. The zero-order valence-electron chi connectivity index (χ0n) is 19.5. The molecule has 0 aliphatic heterocycles. The van der Waals surface area contributed by atoms with Crippen LogP contribution in [0.2, 0.25) is 0 Å². The minimum absolute atomic E-state index is 0.0141. The first-order valence-corrected chi connectivity index (χ1v) is 11.5. The molecule has 0 aromatic carbocycles. The number of nitrogens with zero attached hydrogens (tertiary/aromatic N) is 1. The molecule has 0 aliphatic carbocycles. The maximum Gasteiger partial charge on any atom is 0.339 e. The summed E-state index contributed by atoms with van der Waals surface area (Å²) >= 11 is 0. The summed E-state index contributed by atoms with van der Waals surface area (Å²) in [5.74, 6) is -1.29. The Balaban J connectivity index is 2.09. The first-order chi connectivity index (χ1) is 16.1. The summed E-state index contributed by atoms with van der Waals surface area (Å²) in [5, 5.41) is 11.7. The second kappa shape index (κ2) is 19.2. The number of hydrogen-bond acceptors (Lipinski definition) is 3. The van der Waals surface area contributed by atoms with Crippen molar-refractivity contribution >= 4 is 17.7 Å². The molecule has 33 heavy (non-hydrogen) atoms. The van der Waals surface area contributed by atoms with Crippen molar-refractivity contribution in [2.24, 2.45) is 0 Å². The van der Waals surface area contributed by atoms with E-state index in [-0.39, 0.29) is 23.7 Å². The lowest BCUT2D eigenvalue weighted by Gasteiger charge is -2.06. The van der Waals surface area contributed by atoms with Crippen LogP contribution in [0.15, 0.2) is 91.2 Å². The third kappa shape index (κ3) is 15.0. The quantitative estimate of drug-likeness (QED) is 0.262. The van der Waals surface area contributed by atoms with Crippen LogP contribution < -0.4 is 5.32 Å². The first-order valence-electron chi connectivity index (χ1n) is 11.5. The summed E-state index contributed by atoms with van der Waals surface area (Å²) < 4.78 is 0. The molecule has 0 saturated heterocycles. The number of carbonyl (C=O) groups excluding carboxylic acids is 1. The number of pyridine rings is 1. The summed E-state index contributed by atoms with van der Waals surface area (Å²) in [5.41, 5.74) is -0.0141. The normalized spacial score (nSPS) is 12.4. The number of hydrogen-bond donors (Lipinski definition) is 2. The molecule has 0 atom stereocenters. The van der Waals surface area contributed by atoms with Crippen LogP contribution in [-0.4, -0.2) is 22.0 Å². The van der Waals surface area contributed by atoms with Gasteiger partial charge < -0.3 is 10.4 Å². The molecule has 1 aromatic heterocycles. The van der Waals surface area contributed by atoms with Crippen molar-refractivity contribution in [3.63, 3.8) is 0 Å². The molecular formula is C28H36N2O3. The van der Waals surface area contributed by atoms with Gasteiger partial charge in [0.05, 0.1) is 0 Å². The largest absolute Gasteiger partial charge is 0.478 e. The molecule has 0 bridgehead atoms. The van der Waals surface area contributed by atoms with Crippen LogP contribution in [0.1, 0.15) is 68.6 Å². The minimum Gasteiger partial charge on any atom is -0.478 e. The Morgan fingerprint density at radius 3 is 1.79 bits per heavy atom. The van der Waals surface area contributed by atoms with Gasteiger partial charge in [-0.1, -0.05) is 79.8 Å². The number of carboxylic acid groups (broad SMARTS) is 1. The van der Waals surface area contributed by atoms with Crippen LogP contribution in [0.5, 0.6) is 0 Å². The van der Waals surface area contributed by atoms with Gasteiger partial charge in [-0.15, -0.1) is 0 Å².